The molecule has 3 aliphatic rings. The molecule has 1 spiro atoms. The van der Waals surface area contributed by atoms with E-state index in [1.807, 2.05) is 0 Å². The van der Waals surface area contributed by atoms with Gasteiger partial charge in [0.2, 0.25) is 0 Å². The highest BCUT2D eigenvalue weighted by Gasteiger charge is 2.68. The first-order valence-electron chi connectivity index (χ1n) is 9.73. The molecule has 0 radical (unpaired) electrons. The van der Waals surface area contributed by atoms with Crippen molar-refractivity contribution < 1.29 is 0 Å². The van der Waals surface area contributed by atoms with Gasteiger partial charge in [-0.25, -0.2) is 0 Å². The van der Waals surface area contributed by atoms with Crippen LogP contribution in [-0.2, 0) is 5.41 Å². The van der Waals surface area contributed by atoms with Gasteiger partial charge in [0.15, 0.2) is 0 Å². The Morgan fingerprint density at radius 2 is 1.11 bits per heavy atom. The molecule has 27 heavy (non-hydrogen) atoms. The van der Waals surface area contributed by atoms with Crippen LogP contribution in [0.1, 0.15) is 22.3 Å². The van der Waals surface area contributed by atoms with Crippen LogP contribution in [0.2, 0.25) is 0 Å². The molecular formula is C27H20. The molecule has 0 bridgehead atoms. The summed E-state index contributed by atoms with van der Waals surface area (Å²) in [6.45, 7) is 0. The van der Waals surface area contributed by atoms with Crippen molar-refractivity contribution in [3.05, 3.63) is 131 Å². The molecule has 0 amide bonds. The number of hydrogen-bond donors (Lipinski definition) is 0. The molecule has 0 aliphatic heterocycles. The molecule has 0 N–H and O–H groups in total. The molecule has 1 fully saturated rings. The molecule has 3 aromatic rings. The summed E-state index contributed by atoms with van der Waals surface area (Å²) in [6.07, 6.45) is 9.28. The summed E-state index contributed by atoms with van der Waals surface area (Å²) in [6, 6.07) is 31.0. The lowest BCUT2D eigenvalue weighted by atomic mass is 9.83. The first-order chi connectivity index (χ1) is 13.4. The molecule has 0 heterocycles. The fourth-order valence-electron chi connectivity index (χ4n) is 5.48. The van der Waals surface area contributed by atoms with Gasteiger partial charge in [0.25, 0.3) is 0 Å². The number of fused-ring (bicyclic) bond motifs is 5. The van der Waals surface area contributed by atoms with E-state index in [4.69, 9.17) is 0 Å². The van der Waals surface area contributed by atoms with Crippen molar-refractivity contribution in [2.75, 3.05) is 0 Å². The van der Waals surface area contributed by atoms with Crippen LogP contribution in [-0.4, -0.2) is 0 Å². The normalized spacial score (nSPS) is 27.0. The molecule has 0 nitrogen and oxygen atoms in total. The van der Waals surface area contributed by atoms with Crippen molar-refractivity contribution in [1.29, 1.82) is 0 Å². The second kappa shape index (κ2) is 5.44. The minimum absolute atomic E-state index is 0.0760. The van der Waals surface area contributed by atoms with E-state index in [-0.39, 0.29) is 5.41 Å². The molecule has 0 heteroatoms. The van der Waals surface area contributed by atoms with Crippen LogP contribution >= 0.6 is 0 Å². The first kappa shape index (κ1) is 15.0. The van der Waals surface area contributed by atoms with E-state index in [1.54, 1.807) is 0 Å². The van der Waals surface area contributed by atoms with E-state index < -0.39 is 0 Å². The molecule has 0 saturated heterocycles. The van der Waals surface area contributed by atoms with Gasteiger partial charge in [-0.15, -0.1) is 0 Å². The zero-order valence-corrected chi connectivity index (χ0v) is 15.0. The maximum atomic E-state index is 2.42. The molecule has 128 valence electrons. The van der Waals surface area contributed by atoms with Crippen molar-refractivity contribution in [1.82, 2.24) is 0 Å². The summed E-state index contributed by atoms with van der Waals surface area (Å²) in [5.41, 5.74) is 8.55. The van der Waals surface area contributed by atoms with Crippen molar-refractivity contribution >= 4 is 11.1 Å². The van der Waals surface area contributed by atoms with Crippen LogP contribution in [0.15, 0.2) is 109 Å². The van der Waals surface area contributed by atoms with Gasteiger partial charge in [0, 0.05) is 5.41 Å². The van der Waals surface area contributed by atoms with Crippen molar-refractivity contribution in [2.45, 2.75) is 5.41 Å². The molecule has 0 aromatic heterocycles. The Labute approximate surface area is 160 Å². The van der Waals surface area contributed by atoms with Gasteiger partial charge in [-0.1, -0.05) is 109 Å². The third-order valence-electron chi connectivity index (χ3n) is 6.51. The standard InChI is InChI=1S/C27H20/c1-3-11-19(12-4-1)25-21-15-7-8-16-22(21)27(23-17-9-10-18-24(23)27)26(25)20-13-5-2-6-14-20/h1-18,23-24H. The van der Waals surface area contributed by atoms with Gasteiger partial charge < -0.3 is 0 Å². The van der Waals surface area contributed by atoms with Gasteiger partial charge in [0.1, 0.15) is 0 Å². The molecular weight excluding hydrogens is 324 g/mol. The minimum atomic E-state index is 0.0760. The summed E-state index contributed by atoms with van der Waals surface area (Å²) in [7, 11) is 0. The van der Waals surface area contributed by atoms with E-state index >= 15 is 0 Å². The van der Waals surface area contributed by atoms with Crippen molar-refractivity contribution in [3.63, 3.8) is 0 Å². The van der Waals surface area contributed by atoms with Crippen LogP contribution in [0.4, 0.5) is 0 Å². The Morgan fingerprint density at radius 1 is 0.556 bits per heavy atom. The SMILES string of the molecule is C1=CC2C(C=C1)C21C(c2ccccc2)=C(c2ccccc2)c2ccccc21. The monoisotopic (exact) mass is 344 g/mol. The third kappa shape index (κ3) is 1.88. The van der Waals surface area contributed by atoms with E-state index in [1.165, 1.54) is 33.4 Å². The molecule has 1 saturated carbocycles. The van der Waals surface area contributed by atoms with Gasteiger partial charge in [0.05, 0.1) is 0 Å². The van der Waals surface area contributed by atoms with Crippen LogP contribution in [0, 0.1) is 11.8 Å². The second-order valence-corrected chi connectivity index (χ2v) is 7.72. The molecule has 2 unspecified atom stereocenters. The lowest BCUT2D eigenvalue weighted by molar-refractivity contribution is 0.845. The summed E-state index contributed by atoms with van der Waals surface area (Å²) in [5, 5.41) is 0. The van der Waals surface area contributed by atoms with Crippen molar-refractivity contribution in [2.24, 2.45) is 11.8 Å². The van der Waals surface area contributed by atoms with Gasteiger partial charge in [-0.3, -0.25) is 0 Å². The lowest BCUT2D eigenvalue weighted by Gasteiger charge is -2.19. The van der Waals surface area contributed by atoms with E-state index in [2.05, 4.69) is 109 Å². The predicted molar refractivity (Wildman–Crippen MR) is 112 cm³/mol. The van der Waals surface area contributed by atoms with Crippen LogP contribution in [0.5, 0.6) is 0 Å². The van der Waals surface area contributed by atoms with Gasteiger partial charge >= 0.3 is 0 Å². The summed E-state index contributed by atoms with van der Waals surface area (Å²) < 4.78 is 0. The molecule has 6 rings (SSSR count). The smallest absolute Gasteiger partial charge is 0.0358 e. The topological polar surface area (TPSA) is 0 Å². The lowest BCUT2D eigenvalue weighted by Crippen LogP contribution is -2.11. The van der Waals surface area contributed by atoms with Crippen LogP contribution < -0.4 is 0 Å². The molecule has 3 aliphatic carbocycles. The zero-order chi connectivity index (χ0) is 17.8. The number of hydrogen-bond acceptors (Lipinski definition) is 0. The Kier molecular flexibility index (Phi) is 3.02. The second-order valence-electron chi connectivity index (χ2n) is 7.72. The van der Waals surface area contributed by atoms with E-state index in [0.717, 1.165) is 0 Å². The third-order valence-corrected chi connectivity index (χ3v) is 6.51. The fraction of sp³-hybridized carbons (Fsp3) is 0.111. The highest BCUT2D eigenvalue weighted by Crippen LogP contribution is 2.73. The fourth-order valence-corrected chi connectivity index (χ4v) is 5.48. The van der Waals surface area contributed by atoms with E-state index in [0.29, 0.717) is 11.8 Å². The van der Waals surface area contributed by atoms with Crippen LogP contribution in [0.25, 0.3) is 11.1 Å². The Morgan fingerprint density at radius 3 is 1.78 bits per heavy atom. The minimum Gasteiger partial charge on any atom is -0.0795 e. The largest absolute Gasteiger partial charge is 0.0795 e. The Bertz CT molecular complexity index is 1090. The first-order valence-corrected chi connectivity index (χ1v) is 9.73. The average Bonchev–Trinajstić information content (AvgIpc) is 3.31. The Balaban J connectivity index is 1.73. The van der Waals surface area contributed by atoms with Gasteiger partial charge in [-0.05, 0) is 45.2 Å². The molecule has 3 aromatic carbocycles. The summed E-state index contributed by atoms with van der Waals surface area (Å²) >= 11 is 0. The molecule has 2 atom stereocenters. The predicted octanol–water partition coefficient (Wildman–Crippen LogP) is 6.27. The van der Waals surface area contributed by atoms with Gasteiger partial charge in [-0.2, -0.15) is 0 Å². The van der Waals surface area contributed by atoms with Crippen LogP contribution in [0.3, 0.4) is 0 Å². The average molecular weight is 344 g/mol. The summed E-state index contributed by atoms with van der Waals surface area (Å²) in [4.78, 5) is 0. The number of rotatable bonds is 2. The Hall–Kier alpha value is -3.12. The van der Waals surface area contributed by atoms with E-state index in [9.17, 15) is 0 Å². The maximum absolute atomic E-state index is 2.42. The summed E-state index contributed by atoms with van der Waals surface area (Å²) in [5.74, 6) is 1.11. The zero-order valence-electron chi connectivity index (χ0n) is 15.0. The maximum Gasteiger partial charge on any atom is 0.0358 e. The number of benzene rings is 3. The van der Waals surface area contributed by atoms with Crippen molar-refractivity contribution in [3.8, 4) is 0 Å². The quantitative estimate of drug-likeness (QED) is 0.514. The highest BCUT2D eigenvalue weighted by atomic mass is 14.7. The highest BCUT2D eigenvalue weighted by molar-refractivity contribution is 6.09. The number of allylic oxidation sites excluding steroid dienone is 5.